The average molecular weight is 324 g/mol. The summed E-state index contributed by atoms with van der Waals surface area (Å²) in [6.07, 6.45) is 3.76. The highest BCUT2D eigenvalue weighted by molar-refractivity contribution is 7.11. The third-order valence-corrected chi connectivity index (χ3v) is 5.01. The maximum Gasteiger partial charge on any atom is 0.315 e. The lowest BCUT2D eigenvalue weighted by Crippen LogP contribution is -2.50. The van der Waals surface area contributed by atoms with Crippen molar-refractivity contribution in [3.05, 3.63) is 15.6 Å². The molecule has 1 aliphatic rings. The van der Waals surface area contributed by atoms with Crippen LogP contribution in [-0.2, 0) is 11.3 Å². The van der Waals surface area contributed by atoms with E-state index >= 15 is 0 Å². The summed E-state index contributed by atoms with van der Waals surface area (Å²) in [5.74, 6) is -0.122. The normalized spacial score (nSPS) is 21.2. The molecular formula is C15H24N4O2S. The minimum atomic E-state index is -0.231. The zero-order chi connectivity index (χ0) is 16.1. The molecule has 2 rings (SSSR count). The van der Waals surface area contributed by atoms with Crippen molar-refractivity contribution < 1.29 is 9.59 Å². The first-order valence-corrected chi connectivity index (χ1v) is 8.51. The van der Waals surface area contributed by atoms with Crippen LogP contribution in [0.1, 0.15) is 41.3 Å². The number of hydrogen-bond acceptors (Lipinski definition) is 4. The number of carbonyl (C=O) groups excluding carboxylic acids is 2. The van der Waals surface area contributed by atoms with Gasteiger partial charge in [0.1, 0.15) is 0 Å². The molecule has 1 fully saturated rings. The summed E-state index contributed by atoms with van der Waals surface area (Å²) >= 11 is 1.63. The summed E-state index contributed by atoms with van der Waals surface area (Å²) in [6, 6.07) is -0.321. The van der Waals surface area contributed by atoms with E-state index < -0.39 is 0 Å². The van der Waals surface area contributed by atoms with E-state index in [9.17, 15) is 9.59 Å². The Hall–Kier alpha value is -1.63. The topological polar surface area (TPSA) is 83.1 Å². The summed E-state index contributed by atoms with van der Waals surface area (Å²) in [4.78, 5) is 29.5. The van der Waals surface area contributed by atoms with Gasteiger partial charge in [-0.25, -0.2) is 9.78 Å². The Balaban J connectivity index is 1.87. The number of rotatable bonds is 4. The van der Waals surface area contributed by atoms with Crippen molar-refractivity contribution >= 4 is 23.3 Å². The molecule has 1 aliphatic carbocycles. The predicted octanol–water partition coefficient (Wildman–Crippen LogP) is 1.86. The van der Waals surface area contributed by atoms with Crippen LogP contribution in [0.3, 0.4) is 0 Å². The van der Waals surface area contributed by atoms with Gasteiger partial charge in [-0.05, 0) is 26.7 Å². The van der Waals surface area contributed by atoms with Crippen LogP contribution in [0.5, 0.6) is 0 Å². The van der Waals surface area contributed by atoms with Gasteiger partial charge in [0, 0.05) is 18.0 Å². The van der Waals surface area contributed by atoms with Gasteiger partial charge in [0.25, 0.3) is 0 Å². The number of urea groups is 1. The summed E-state index contributed by atoms with van der Waals surface area (Å²) in [6.45, 7) is 4.37. The number of hydrogen-bond donors (Lipinski definition) is 3. The predicted molar refractivity (Wildman–Crippen MR) is 86.8 cm³/mol. The zero-order valence-corrected chi connectivity index (χ0v) is 14.2. The Morgan fingerprint density at radius 2 is 2.00 bits per heavy atom. The van der Waals surface area contributed by atoms with Gasteiger partial charge in [-0.3, -0.25) is 4.79 Å². The van der Waals surface area contributed by atoms with Gasteiger partial charge in [0.2, 0.25) is 5.91 Å². The fourth-order valence-corrected chi connectivity index (χ4v) is 3.76. The molecule has 0 spiro atoms. The number of amides is 3. The molecule has 6 nitrogen and oxygen atoms in total. The highest BCUT2D eigenvalue weighted by Crippen LogP contribution is 2.24. The number of thiazole rings is 1. The SMILES string of the molecule is CNC(=O)[C@@H]1CCCC[C@@H]1NC(=O)NCc1nc(C)sc1C. The van der Waals surface area contributed by atoms with E-state index in [2.05, 4.69) is 20.9 Å². The second-order valence-electron chi connectivity index (χ2n) is 5.67. The summed E-state index contributed by atoms with van der Waals surface area (Å²) in [5, 5.41) is 9.47. The third-order valence-electron chi connectivity index (χ3n) is 4.08. The maximum atomic E-state index is 12.1. The molecular weight excluding hydrogens is 300 g/mol. The van der Waals surface area contributed by atoms with Crippen molar-refractivity contribution in [3.63, 3.8) is 0 Å². The Morgan fingerprint density at radius 3 is 2.64 bits per heavy atom. The molecule has 0 saturated heterocycles. The molecule has 0 radical (unpaired) electrons. The molecule has 3 N–H and O–H groups in total. The number of nitrogens with zero attached hydrogens (tertiary/aromatic N) is 1. The van der Waals surface area contributed by atoms with Gasteiger partial charge in [-0.1, -0.05) is 12.8 Å². The second kappa shape index (κ2) is 7.58. The number of nitrogens with one attached hydrogen (secondary N) is 3. The van der Waals surface area contributed by atoms with E-state index in [1.807, 2.05) is 13.8 Å². The molecule has 0 unspecified atom stereocenters. The van der Waals surface area contributed by atoms with Crippen LogP contribution in [0.15, 0.2) is 0 Å². The van der Waals surface area contributed by atoms with Crippen LogP contribution in [0.4, 0.5) is 4.79 Å². The number of aromatic nitrogens is 1. The van der Waals surface area contributed by atoms with Crippen molar-refractivity contribution in [2.24, 2.45) is 5.92 Å². The van der Waals surface area contributed by atoms with Crippen LogP contribution in [0, 0.1) is 19.8 Å². The van der Waals surface area contributed by atoms with E-state index in [1.54, 1.807) is 18.4 Å². The van der Waals surface area contributed by atoms with Crippen molar-refractivity contribution in [2.45, 2.75) is 52.1 Å². The van der Waals surface area contributed by atoms with E-state index in [-0.39, 0.29) is 23.9 Å². The van der Waals surface area contributed by atoms with E-state index in [4.69, 9.17) is 0 Å². The molecule has 1 saturated carbocycles. The molecule has 22 heavy (non-hydrogen) atoms. The number of carbonyl (C=O) groups is 2. The Kier molecular flexibility index (Phi) is 5.76. The van der Waals surface area contributed by atoms with Crippen LogP contribution in [0.25, 0.3) is 0 Å². The van der Waals surface area contributed by atoms with Gasteiger partial charge < -0.3 is 16.0 Å². The molecule has 1 aromatic rings. The van der Waals surface area contributed by atoms with E-state index in [1.165, 1.54) is 0 Å². The molecule has 0 aromatic carbocycles. The van der Waals surface area contributed by atoms with Gasteiger partial charge in [-0.2, -0.15) is 0 Å². The third kappa shape index (κ3) is 4.19. The van der Waals surface area contributed by atoms with Gasteiger partial charge in [0.05, 0.1) is 23.2 Å². The fraction of sp³-hybridized carbons (Fsp3) is 0.667. The van der Waals surface area contributed by atoms with Crippen molar-refractivity contribution in [1.29, 1.82) is 0 Å². The summed E-state index contributed by atoms with van der Waals surface area (Å²) in [5.41, 5.74) is 0.907. The molecule has 1 aromatic heterocycles. The monoisotopic (exact) mass is 324 g/mol. The molecule has 0 bridgehead atoms. The number of aryl methyl sites for hydroxylation is 2. The first-order valence-electron chi connectivity index (χ1n) is 7.70. The van der Waals surface area contributed by atoms with Crippen LogP contribution < -0.4 is 16.0 Å². The first kappa shape index (κ1) is 16.7. The highest BCUT2D eigenvalue weighted by atomic mass is 32.1. The minimum absolute atomic E-state index is 0.0102. The fourth-order valence-electron chi connectivity index (χ4n) is 2.92. The molecule has 1 heterocycles. The molecule has 7 heteroatoms. The molecule has 3 amide bonds. The minimum Gasteiger partial charge on any atom is -0.359 e. The smallest absolute Gasteiger partial charge is 0.315 e. The highest BCUT2D eigenvalue weighted by Gasteiger charge is 2.31. The van der Waals surface area contributed by atoms with Gasteiger partial charge in [-0.15, -0.1) is 11.3 Å². The second-order valence-corrected chi connectivity index (χ2v) is 7.08. The van der Waals surface area contributed by atoms with Crippen LogP contribution in [-0.4, -0.2) is 30.0 Å². The Labute approximate surface area is 135 Å². The Bertz CT molecular complexity index is 544. The molecule has 2 atom stereocenters. The Morgan fingerprint density at radius 1 is 1.27 bits per heavy atom. The summed E-state index contributed by atoms with van der Waals surface area (Å²) < 4.78 is 0. The lowest BCUT2D eigenvalue weighted by Gasteiger charge is -2.30. The van der Waals surface area contributed by atoms with E-state index in [0.29, 0.717) is 6.54 Å². The molecule has 0 aliphatic heterocycles. The summed E-state index contributed by atoms with van der Waals surface area (Å²) in [7, 11) is 1.64. The lowest BCUT2D eigenvalue weighted by molar-refractivity contribution is -0.126. The molecule has 122 valence electrons. The van der Waals surface area contributed by atoms with Crippen LogP contribution in [0.2, 0.25) is 0 Å². The van der Waals surface area contributed by atoms with Crippen molar-refractivity contribution in [2.75, 3.05) is 7.05 Å². The average Bonchev–Trinajstić information content (AvgIpc) is 2.83. The van der Waals surface area contributed by atoms with Crippen molar-refractivity contribution in [1.82, 2.24) is 20.9 Å². The van der Waals surface area contributed by atoms with Gasteiger partial charge >= 0.3 is 6.03 Å². The largest absolute Gasteiger partial charge is 0.359 e. The lowest BCUT2D eigenvalue weighted by atomic mass is 9.84. The first-order chi connectivity index (χ1) is 10.5. The van der Waals surface area contributed by atoms with Crippen molar-refractivity contribution in [3.8, 4) is 0 Å². The van der Waals surface area contributed by atoms with Gasteiger partial charge in [0.15, 0.2) is 0 Å². The standard InChI is InChI=1S/C15H24N4O2S/c1-9-13(18-10(2)22-9)8-17-15(21)19-12-7-5-4-6-11(12)14(20)16-3/h11-12H,4-8H2,1-3H3,(H,16,20)(H2,17,19,21)/t11-,12+/m1/s1. The van der Waals surface area contributed by atoms with E-state index in [0.717, 1.165) is 41.3 Å². The quantitative estimate of drug-likeness (QED) is 0.790. The van der Waals surface area contributed by atoms with Crippen LogP contribution >= 0.6 is 11.3 Å². The zero-order valence-electron chi connectivity index (χ0n) is 13.4. The maximum absolute atomic E-state index is 12.1.